The van der Waals surface area contributed by atoms with Crippen molar-refractivity contribution in [1.29, 1.82) is 0 Å². The largest absolute Gasteiger partial charge is 0.378 e. The number of nitrogens with zero attached hydrogens (tertiary/aromatic N) is 2. The Morgan fingerprint density at radius 2 is 1.62 bits per heavy atom. The summed E-state index contributed by atoms with van der Waals surface area (Å²) in [6, 6.07) is 1.46. The zero-order valence-corrected chi connectivity index (χ0v) is 12.0. The van der Waals surface area contributed by atoms with Crippen LogP contribution in [0, 0.1) is 0 Å². The number of hydrogen-bond acceptors (Lipinski definition) is 3. The van der Waals surface area contributed by atoms with Gasteiger partial charge in [-0.2, -0.15) is 0 Å². The van der Waals surface area contributed by atoms with Gasteiger partial charge in [0, 0.05) is 12.6 Å². The molecule has 2 aliphatic heterocycles. The smallest absolute Gasteiger partial charge is 0.0645 e. The van der Waals surface area contributed by atoms with Crippen LogP contribution in [-0.2, 0) is 4.74 Å². The molecule has 2 fully saturated rings. The summed E-state index contributed by atoms with van der Waals surface area (Å²) in [5.41, 5.74) is 0. The number of likely N-dealkylation sites (tertiary alicyclic amines) is 1. The summed E-state index contributed by atoms with van der Waals surface area (Å²) in [4.78, 5) is 4.90. The summed E-state index contributed by atoms with van der Waals surface area (Å²) >= 11 is 0. The molecule has 2 saturated heterocycles. The van der Waals surface area contributed by atoms with Crippen LogP contribution in [0.25, 0.3) is 0 Å². The van der Waals surface area contributed by atoms with Crippen LogP contribution in [0.4, 0.5) is 0 Å². The summed E-state index contributed by atoms with van der Waals surface area (Å²) < 4.78 is 5.19. The van der Waals surface area contributed by atoms with E-state index in [1.807, 2.05) is 27.7 Å². The molecule has 0 aromatic heterocycles. The summed E-state index contributed by atoms with van der Waals surface area (Å²) in [6.07, 6.45) is 1.32. The van der Waals surface area contributed by atoms with E-state index >= 15 is 0 Å². The van der Waals surface area contributed by atoms with Gasteiger partial charge in [0.05, 0.1) is 19.3 Å². The van der Waals surface area contributed by atoms with Gasteiger partial charge in [0.1, 0.15) is 0 Å². The van der Waals surface area contributed by atoms with Gasteiger partial charge >= 0.3 is 0 Å². The predicted molar refractivity (Wildman–Crippen MR) is 71.0 cm³/mol. The van der Waals surface area contributed by atoms with E-state index in [1.54, 1.807) is 0 Å². The molecule has 16 heavy (non-hydrogen) atoms. The molecule has 0 aliphatic carbocycles. The fourth-order valence-electron chi connectivity index (χ4n) is 2.00. The first kappa shape index (κ1) is 15.9. The highest BCUT2D eigenvalue weighted by atomic mass is 16.5. The molecule has 0 aromatic rings. The molecule has 0 N–H and O–H groups in total. The van der Waals surface area contributed by atoms with Crippen molar-refractivity contribution >= 4 is 0 Å². The second-order valence-electron chi connectivity index (χ2n) is 4.06. The average molecular weight is 230 g/mol. The molecule has 2 rings (SSSR count). The third-order valence-corrected chi connectivity index (χ3v) is 3.14. The van der Waals surface area contributed by atoms with E-state index in [0.29, 0.717) is 6.04 Å². The van der Waals surface area contributed by atoms with Crippen molar-refractivity contribution in [2.24, 2.45) is 0 Å². The van der Waals surface area contributed by atoms with Gasteiger partial charge in [0.2, 0.25) is 0 Å². The molecular weight excluding hydrogens is 200 g/mol. The standard InChI is InChI=1S/C9H18N2O.2C2H6/c1-10-4-3-8(5-10)11(2)9-6-12-7-9;2*1-2/h8-9H,3-7H2,1-2H3;2*1-2H3. The Labute approximate surface area is 102 Å². The van der Waals surface area contributed by atoms with Crippen LogP contribution in [0.1, 0.15) is 34.1 Å². The third-order valence-electron chi connectivity index (χ3n) is 3.14. The Bertz CT molecular complexity index is 160. The first-order valence-electron chi connectivity index (χ1n) is 6.75. The normalized spacial score (nSPS) is 25.3. The lowest BCUT2D eigenvalue weighted by molar-refractivity contribution is -0.0677. The molecule has 2 aliphatic rings. The molecule has 1 unspecified atom stereocenters. The summed E-state index contributed by atoms with van der Waals surface area (Å²) in [7, 11) is 4.43. The topological polar surface area (TPSA) is 15.7 Å². The van der Waals surface area contributed by atoms with Crippen LogP contribution in [0.3, 0.4) is 0 Å². The molecule has 3 nitrogen and oxygen atoms in total. The Morgan fingerprint density at radius 3 is 1.94 bits per heavy atom. The van der Waals surface area contributed by atoms with Crippen LogP contribution < -0.4 is 0 Å². The molecule has 0 aromatic carbocycles. The maximum Gasteiger partial charge on any atom is 0.0645 e. The Kier molecular flexibility index (Phi) is 8.90. The SMILES string of the molecule is CC.CC.CN1CCC(N(C)C2COC2)C1. The second-order valence-corrected chi connectivity index (χ2v) is 4.06. The van der Waals surface area contributed by atoms with Gasteiger partial charge in [-0.05, 0) is 27.1 Å². The predicted octanol–water partition coefficient (Wildman–Crippen LogP) is 2.07. The minimum Gasteiger partial charge on any atom is -0.378 e. The van der Waals surface area contributed by atoms with Gasteiger partial charge in [-0.1, -0.05) is 27.7 Å². The van der Waals surface area contributed by atoms with Crippen LogP contribution in [0.15, 0.2) is 0 Å². The van der Waals surface area contributed by atoms with Crippen LogP contribution in [0.2, 0.25) is 0 Å². The number of hydrogen-bond donors (Lipinski definition) is 0. The highest BCUT2D eigenvalue weighted by Crippen LogP contribution is 2.18. The Hall–Kier alpha value is -0.120. The molecule has 0 spiro atoms. The highest BCUT2D eigenvalue weighted by Gasteiger charge is 2.31. The first-order valence-corrected chi connectivity index (χ1v) is 6.75. The van der Waals surface area contributed by atoms with E-state index in [9.17, 15) is 0 Å². The van der Waals surface area contributed by atoms with Crippen LogP contribution in [-0.4, -0.2) is 62.3 Å². The molecule has 98 valence electrons. The van der Waals surface area contributed by atoms with E-state index < -0.39 is 0 Å². The minimum atomic E-state index is 0.696. The fraction of sp³-hybridized carbons (Fsp3) is 1.00. The van der Waals surface area contributed by atoms with E-state index in [2.05, 4.69) is 23.9 Å². The molecular formula is C13H30N2O. The number of rotatable bonds is 2. The monoisotopic (exact) mass is 230 g/mol. The quantitative estimate of drug-likeness (QED) is 0.722. The lowest BCUT2D eigenvalue weighted by atomic mass is 10.1. The lowest BCUT2D eigenvalue weighted by Gasteiger charge is -2.38. The average Bonchev–Trinajstić information content (AvgIpc) is 2.68. The fourth-order valence-corrected chi connectivity index (χ4v) is 2.00. The van der Waals surface area contributed by atoms with Crippen molar-refractivity contribution in [3.63, 3.8) is 0 Å². The van der Waals surface area contributed by atoms with Gasteiger partial charge in [0.25, 0.3) is 0 Å². The van der Waals surface area contributed by atoms with Crippen molar-refractivity contribution in [3.05, 3.63) is 0 Å². The summed E-state index contributed by atoms with van der Waals surface area (Å²) in [6.45, 7) is 12.4. The van der Waals surface area contributed by atoms with E-state index in [1.165, 1.54) is 19.5 Å². The molecule has 0 bridgehead atoms. The molecule has 2 heterocycles. The zero-order chi connectivity index (χ0) is 12.6. The van der Waals surface area contributed by atoms with Crippen molar-refractivity contribution < 1.29 is 4.74 Å². The summed E-state index contributed by atoms with van der Waals surface area (Å²) in [5, 5.41) is 0. The van der Waals surface area contributed by atoms with E-state index in [4.69, 9.17) is 4.74 Å². The Morgan fingerprint density at radius 1 is 1.06 bits per heavy atom. The molecule has 0 radical (unpaired) electrons. The number of likely N-dealkylation sites (N-methyl/N-ethyl adjacent to an activating group) is 2. The third kappa shape index (κ3) is 4.40. The molecule has 0 amide bonds. The summed E-state index contributed by atoms with van der Waals surface area (Å²) in [5.74, 6) is 0. The zero-order valence-electron chi connectivity index (χ0n) is 12.0. The lowest BCUT2D eigenvalue weighted by Crippen LogP contribution is -2.51. The second kappa shape index (κ2) is 8.97. The Balaban J connectivity index is 0.000000509. The molecule has 3 heteroatoms. The minimum absolute atomic E-state index is 0.696. The van der Waals surface area contributed by atoms with Crippen LogP contribution >= 0.6 is 0 Å². The first-order chi connectivity index (χ1) is 7.77. The molecule has 1 atom stereocenters. The number of ether oxygens (including phenoxy) is 1. The van der Waals surface area contributed by atoms with E-state index in [0.717, 1.165) is 19.3 Å². The van der Waals surface area contributed by atoms with Crippen molar-refractivity contribution in [2.75, 3.05) is 40.4 Å². The molecule has 0 saturated carbocycles. The van der Waals surface area contributed by atoms with Gasteiger partial charge in [-0.15, -0.1) is 0 Å². The van der Waals surface area contributed by atoms with Gasteiger partial charge < -0.3 is 9.64 Å². The van der Waals surface area contributed by atoms with Crippen molar-refractivity contribution in [3.8, 4) is 0 Å². The van der Waals surface area contributed by atoms with Crippen LogP contribution in [0.5, 0.6) is 0 Å². The van der Waals surface area contributed by atoms with Gasteiger partial charge in [0.15, 0.2) is 0 Å². The van der Waals surface area contributed by atoms with Gasteiger partial charge in [-0.3, -0.25) is 4.90 Å². The highest BCUT2D eigenvalue weighted by molar-refractivity contribution is 4.86. The van der Waals surface area contributed by atoms with Crippen molar-refractivity contribution in [1.82, 2.24) is 9.80 Å². The van der Waals surface area contributed by atoms with E-state index in [-0.39, 0.29) is 0 Å². The van der Waals surface area contributed by atoms with Crippen molar-refractivity contribution in [2.45, 2.75) is 46.2 Å². The maximum atomic E-state index is 5.19. The maximum absolute atomic E-state index is 5.19. The van der Waals surface area contributed by atoms with Gasteiger partial charge in [-0.25, -0.2) is 0 Å².